The summed E-state index contributed by atoms with van der Waals surface area (Å²) in [6, 6.07) is 5.44. The van der Waals surface area contributed by atoms with E-state index < -0.39 is 0 Å². The summed E-state index contributed by atoms with van der Waals surface area (Å²) in [5.74, 6) is 0.0883. The predicted molar refractivity (Wildman–Crippen MR) is 95.8 cm³/mol. The fraction of sp³-hybridized carbons (Fsp3) is 0.421. The lowest BCUT2D eigenvalue weighted by atomic mass is 9.92. The van der Waals surface area contributed by atoms with Gasteiger partial charge in [0.15, 0.2) is 0 Å². The summed E-state index contributed by atoms with van der Waals surface area (Å²) in [4.78, 5) is 26.3. The number of likely N-dealkylation sites (tertiary alicyclic amines) is 1. The highest BCUT2D eigenvalue weighted by molar-refractivity contribution is 5.98. The molecule has 4 rings (SSSR count). The van der Waals surface area contributed by atoms with Crippen molar-refractivity contribution in [3.8, 4) is 0 Å². The number of nitrogens with zero attached hydrogens (tertiary/aromatic N) is 3. The number of aliphatic hydroxyl groups is 1. The van der Waals surface area contributed by atoms with E-state index in [1.807, 2.05) is 30.4 Å². The van der Waals surface area contributed by atoms with Gasteiger partial charge in [0.1, 0.15) is 0 Å². The van der Waals surface area contributed by atoms with Crippen LogP contribution in [-0.2, 0) is 18.3 Å². The summed E-state index contributed by atoms with van der Waals surface area (Å²) < 4.78 is 1.74. The SMILES string of the molecule is Cn1cc([C@@H]2CN(C(=O)c3ccc4c(c3)CCC(=O)N4)C[C@H]2CO)cn1. The van der Waals surface area contributed by atoms with Gasteiger partial charge in [-0.2, -0.15) is 5.10 Å². The van der Waals surface area contributed by atoms with Crippen LogP contribution in [0, 0.1) is 5.92 Å². The maximum atomic E-state index is 13.0. The number of aromatic nitrogens is 2. The second-order valence-electron chi connectivity index (χ2n) is 7.13. The van der Waals surface area contributed by atoms with E-state index in [1.54, 1.807) is 16.8 Å². The Hall–Kier alpha value is -2.67. The number of rotatable bonds is 3. The van der Waals surface area contributed by atoms with E-state index in [1.165, 1.54) is 0 Å². The number of fused-ring (bicyclic) bond motifs is 1. The van der Waals surface area contributed by atoms with Gasteiger partial charge in [0.05, 0.1) is 6.20 Å². The number of carbonyl (C=O) groups is 2. The van der Waals surface area contributed by atoms with Gasteiger partial charge in [0.25, 0.3) is 5.91 Å². The number of aryl methyl sites for hydroxylation is 2. The fourth-order valence-corrected chi connectivity index (χ4v) is 3.93. The van der Waals surface area contributed by atoms with Crippen molar-refractivity contribution < 1.29 is 14.7 Å². The van der Waals surface area contributed by atoms with Crippen molar-refractivity contribution >= 4 is 17.5 Å². The number of hydrogen-bond donors (Lipinski definition) is 2. The number of aliphatic hydroxyl groups excluding tert-OH is 1. The molecule has 2 atom stereocenters. The van der Waals surface area contributed by atoms with Gasteiger partial charge in [-0.25, -0.2) is 0 Å². The Bertz CT molecular complexity index is 860. The zero-order chi connectivity index (χ0) is 18.3. The van der Waals surface area contributed by atoms with Crippen molar-refractivity contribution in [1.82, 2.24) is 14.7 Å². The van der Waals surface area contributed by atoms with E-state index in [0.29, 0.717) is 31.5 Å². The lowest BCUT2D eigenvalue weighted by molar-refractivity contribution is -0.116. The number of carbonyl (C=O) groups excluding carboxylic acids is 2. The lowest BCUT2D eigenvalue weighted by Gasteiger charge is -2.20. The summed E-state index contributed by atoms with van der Waals surface area (Å²) in [6.45, 7) is 1.14. The van der Waals surface area contributed by atoms with E-state index in [9.17, 15) is 14.7 Å². The third-order valence-corrected chi connectivity index (χ3v) is 5.36. The van der Waals surface area contributed by atoms with Crippen LogP contribution in [-0.4, -0.2) is 51.3 Å². The average Bonchev–Trinajstić information content (AvgIpc) is 3.26. The van der Waals surface area contributed by atoms with E-state index in [2.05, 4.69) is 10.4 Å². The van der Waals surface area contributed by atoms with Crippen molar-refractivity contribution in [2.24, 2.45) is 13.0 Å². The zero-order valence-electron chi connectivity index (χ0n) is 14.7. The first-order valence-corrected chi connectivity index (χ1v) is 8.86. The molecule has 0 aliphatic carbocycles. The van der Waals surface area contributed by atoms with Crippen LogP contribution in [0.1, 0.15) is 33.8 Å². The van der Waals surface area contributed by atoms with Crippen LogP contribution in [0.2, 0.25) is 0 Å². The maximum Gasteiger partial charge on any atom is 0.253 e. The molecule has 2 aliphatic rings. The van der Waals surface area contributed by atoms with Gasteiger partial charge in [-0.3, -0.25) is 14.3 Å². The van der Waals surface area contributed by atoms with E-state index in [-0.39, 0.29) is 30.3 Å². The fourth-order valence-electron chi connectivity index (χ4n) is 3.93. The minimum absolute atomic E-state index is 0.0139. The number of nitrogens with one attached hydrogen (secondary N) is 1. The molecule has 1 aromatic carbocycles. The summed E-state index contributed by atoms with van der Waals surface area (Å²) in [5, 5.41) is 16.8. The number of benzene rings is 1. The van der Waals surface area contributed by atoms with Gasteiger partial charge in [0, 0.05) is 62.4 Å². The molecule has 0 bridgehead atoms. The molecule has 3 heterocycles. The van der Waals surface area contributed by atoms with Crippen molar-refractivity contribution in [1.29, 1.82) is 0 Å². The second kappa shape index (κ2) is 6.57. The molecule has 2 aromatic rings. The predicted octanol–water partition coefficient (Wildman–Crippen LogP) is 1.15. The molecule has 0 unspecified atom stereocenters. The Labute approximate surface area is 151 Å². The molecule has 0 saturated carbocycles. The third kappa shape index (κ3) is 2.99. The van der Waals surface area contributed by atoms with Gasteiger partial charge in [0.2, 0.25) is 5.91 Å². The van der Waals surface area contributed by atoms with Crippen LogP contribution in [0.4, 0.5) is 5.69 Å². The molecule has 1 saturated heterocycles. The molecule has 1 fully saturated rings. The Morgan fingerprint density at radius 1 is 1.35 bits per heavy atom. The Morgan fingerprint density at radius 2 is 2.19 bits per heavy atom. The first-order valence-electron chi connectivity index (χ1n) is 8.86. The summed E-state index contributed by atoms with van der Waals surface area (Å²) in [6.07, 6.45) is 4.86. The van der Waals surface area contributed by atoms with Crippen molar-refractivity contribution in [2.45, 2.75) is 18.8 Å². The van der Waals surface area contributed by atoms with Gasteiger partial charge >= 0.3 is 0 Å². The highest BCUT2D eigenvalue weighted by atomic mass is 16.3. The topological polar surface area (TPSA) is 87.5 Å². The molecular formula is C19H22N4O3. The van der Waals surface area contributed by atoms with Gasteiger partial charge in [-0.15, -0.1) is 0 Å². The minimum Gasteiger partial charge on any atom is -0.396 e. The van der Waals surface area contributed by atoms with Gasteiger partial charge in [-0.05, 0) is 35.7 Å². The molecule has 2 N–H and O–H groups in total. The highest BCUT2D eigenvalue weighted by Gasteiger charge is 2.36. The van der Waals surface area contributed by atoms with Gasteiger partial charge in [-0.1, -0.05) is 0 Å². The number of hydrogen-bond acceptors (Lipinski definition) is 4. The molecule has 7 heteroatoms. The molecule has 0 spiro atoms. The third-order valence-electron chi connectivity index (χ3n) is 5.36. The maximum absolute atomic E-state index is 13.0. The largest absolute Gasteiger partial charge is 0.396 e. The van der Waals surface area contributed by atoms with Crippen LogP contribution in [0.25, 0.3) is 0 Å². The second-order valence-corrected chi connectivity index (χ2v) is 7.13. The molecule has 0 radical (unpaired) electrons. The minimum atomic E-state index is -0.0328. The van der Waals surface area contributed by atoms with Crippen LogP contribution in [0.5, 0.6) is 0 Å². The first-order chi connectivity index (χ1) is 12.5. The van der Waals surface area contributed by atoms with Crippen molar-refractivity contribution in [3.63, 3.8) is 0 Å². The lowest BCUT2D eigenvalue weighted by Crippen LogP contribution is -2.29. The summed E-state index contributed by atoms with van der Waals surface area (Å²) in [7, 11) is 1.86. The quantitative estimate of drug-likeness (QED) is 0.866. The molecule has 2 amide bonds. The smallest absolute Gasteiger partial charge is 0.253 e. The molecule has 7 nitrogen and oxygen atoms in total. The molecule has 26 heavy (non-hydrogen) atoms. The molecule has 2 aliphatic heterocycles. The molecule has 136 valence electrons. The van der Waals surface area contributed by atoms with E-state index in [4.69, 9.17) is 0 Å². The van der Waals surface area contributed by atoms with Crippen LogP contribution < -0.4 is 5.32 Å². The summed E-state index contributed by atoms with van der Waals surface area (Å²) >= 11 is 0. The summed E-state index contributed by atoms with van der Waals surface area (Å²) in [5.41, 5.74) is 3.47. The first kappa shape index (κ1) is 16.8. The highest BCUT2D eigenvalue weighted by Crippen LogP contribution is 2.33. The van der Waals surface area contributed by atoms with Crippen LogP contribution >= 0.6 is 0 Å². The Morgan fingerprint density at radius 3 is 2.92 bits per heavy atom. The van der Waals surface area contributed by atoms with Gasteiger partial charge < -0.3 is 15.3 Å². The number of amides is 2. The van der Waals surface area contributed by atoms with Crippen LogP contribution in [0.15, 0.2) is 30.6 Å². The number of anilines is 1. The molecular weight excluding hydrogens is 332 g/mol. The van der Waals surface area contributed by atoms with Crippen LogP contribution in [0.3, 0.4) is 0 Å². The van der Waals surface area contributed by atoms with Crippen molar-refractivity contribution in [3.05, 3.63) is 47.3 Å². The normalized spacial score (nSPS) is 22.2. The molecule has 1 aromatic heterocycles. The average molecular weight is 354 g/mol. The Kier molecular flexibility index (Phi) is 4.24. The van der Waals surface area contributed by atoms with Crippen molar-refractivity contribution in [2.75, 3.05) is 25.0 Å². The standard InChI is InChI=1S/C19H22N4O3/c1-22-8-14(7-20-22)16-10-23(9-15(16)11-24)19(26)13-2-4-17-12(6-13)3-5-18(25)21-17/h2,4,6-8,15-16,24H,3,5,9-11H2,1H3,(H,21,25)/t15-,16-/m0/s1. The monoisotopic (exact) mass is 354 g/mol. The van der Waals surface area contributed by atoms with E-state index >= 15 is 0 Å². The van der Waals surface area contributed by atoms with E-state index in [0.717, 1.165) is 16.8 Å². The zero-order valence-corrected chi connectivity index (χ0v) is 14.7. The Balaban J connectivity index is 1.54.